The molecule has 238 valence electrons. The lowest BCUT2D eigenvalue weighted by molar-refractivity contribution is 0.490. The SMILES string of the molecule is NCCCCCCCCCCC(CP(c1ccccc1)c1ccccc1)=C(CP(c1ccccc1)c1ccccc1)S(=O)(=O)O. The molecule has 0 aliphatic carbocycles. The van der Waals surface area contributed by atoms with Crippen LogP contribution in [0.25, 0.3) is 0 Å². The van der Waals surface area contributed by atoms with Gasteiger partial charge < -0.3 is 5.73 Å². The zero-order valence-electron chi connectivity index (χ0n) is 26.2. The molecule has 45 heavy (non-hydrogen) atoms. The first-order valence-corrected chi connectivity index (χ1v) is 20.6. The van der Waals surface area contributed by atoms with Gasteiger partial charge in [-0.05, 0) is 74.6 Å². The molecule has 4 nitrogen and oxygen atoms in total. The Morgan fingerprint density at radius 2 is 0.844 bits per heavy atom. The maximum absolute atomic E-state index is 13.4. The van der Waals surface area contributed by atoms with E-state index in [1.165, 1.54) is 36.3 Å². The van der Waals surface area contributed by atoms with E-state index in [9.17, 15) is 13.0 Å². The van der Waals surface area contributed by atoms with E-state index in [2.05, 4.69) is 72.8 Å². The molecule has 0 radical (unpaired) electrons. The van der Waals surface area contributed by atoms with Crippen LogP contribution in [0.3, 0.4) is 0 Å². The molecule has 0 amide bonds. The first-order chi connectivity index (χ1) is 22.0. The van der Waals surface area contributed by atoms with Gasteiger partial charge in [0.25, 0.3) is 10.1 Å². The van der Waals surface area contributed by atoms with E-state index in [-0.39, 0.29) is 11.1 Å². The third kappa shape index (κ3) is 11.6. The summed E-state index contributed by atoms with van der Waals surface area (Å²) in [5.41, 5.74) is 6.51. The Hall–Kier alpha value is -2.65. The van der Waals surface area contributed by atoms with E-state index >= 15 is 0 Å². The highest BCUT2D eigenvalue weighted by Gasteiger charge is 2.27. The molecule has 4 aromatic rings. The molecule has 0 unspecified atom stereocenters. The summed E-state index contributed by atoms with van der Waals surface area (Å²) in [6.45, 7) is 0.760. The van der Waals surface area contributed by atoms with Crippen molar-refractivity contribution in [1.82, 2.24) is 0 Å². The minimum Gasteiger partial charge on any atom is -0.330 e. The minimum absolute atomic E-state index is 0.211. The summed E-state index contributed by atoms with van der Waals surface area (Å²) in [6, 6.07) is 41.1. The van der Waals surface area contributed by atoms with E-state index in [0.29, 0.717) is 12.6 Å². The predicted molar refractivity (Wildman–Crippen MR) is 197 cm³/mol. The van der Waals surface area contributed by atoms with E-state index in [4.69, 9.17) is 5.73 Å². The average molecular weight is 660 g/mol. The molecule has 0 saturated carbocycles. The van der Waals surface area contributed by atoms with Gasteiger partial charge in [-0.1, -0.05) is 160 Å². The van der Waals surface area contributed by atoms with Crippen molar-refractivity contribution >= 4 is 47.2 Å². The van der Waals surface area contributed by atoms with Gasteiger partial charge in [0, 0.05) is 6.16 Å². The van der Waals surface area contributed by atoms with Crippen LogP contribution < -0.4 is 27.0 Å². The maximum atomic E-state index is 13.4. The Labute approximate surface area is 273 Å². The number of hydrogen-bond donors (Lipinski definition) is 2. The van der Waals surface area contributed by atoms with Crippen molar-refractivity contribution in [3.8, 4) is 0 Å². The highest BCUT2D eigenvalue weighted by Crippen LogP contribution is 2.42. The first kappa shape index (κ1) is 35.2. The largest absolute Gasteiger partial charge is 0.330 e. The third-order valence-corrected chi connectivity index (χ3v) is 14.3. The van der Waals surface area contributed by atoms with Gasteiger partial charge in [-0.25, -0.2) is 0 Å². The van der Waals surface area contributed by atoms with Crippen molar-refractivity contribution in [2.75, 3.05) is 18.9 Å². The van der Waals surface area contributed by atoms with Gasteiger partial charge in [-0.3, -0.25) is 4.55 Å². The number of benzene rings is 4. The fourth-order valence-corrected chi connectivity index (χ4v) is 12.0. The Morgan fingerprint density at radius 1 is 0.511 bits per heavy atom. The van der Waals surface area contributed by atoms with Crippen LogP contribution in [0.15, 0.2) is 132 Å². The highest BCUT2D eigenvalue weighted by molar-refractivity contribution is 7.91. The maximum Gasteiger partial charge on any atom is 0.290 e. The van der Waals surface area contributed by atoms with Gasteiger partial charge in [0.05, 0.1) is 4.91 Å². The summed E-state index contributed by atoms with van der Waals surface area (Å²) in [6.07, 6.45) is 10.5. The van der Waals surface area contributed by atoms with Crippen molar-refractivity contribution in [3.05, 3.63) is 132 Å². The molecular formula is C38H47NO3P2S. The van der Waals surface area contributed by atoms with Gasteiger partial charge in [0.15, 0.2) is 0 Å². The van der Waals surface area contributed by atoms with Gasteiger partial charge in [-0.2, -0.15) is 8.42 Å². The highest BCUT2D eigenvalue weighted by atomic mass is 32.2. The molecule has 0 fully saturated rings. The summed E-state index contributed by atoms with van der Waals surface area (Å²) in [5, 5.41) is 4.61. The summed E-state index contributed by atoms with van der Waals surface area (Å²) in [7, 11) is -6.38. The normalized spacial score (nSPS) is 12.4. The molecule has 4 aromatic carbocycles. The summed E-state index contributed by atoms with van der Waals surface area (Å²) in [5.74, 6) is 0. The Morgan fingerprint density at radius 3 is 1.20 bits per heavy atom. The second kappa shape index (κ2) is 19.1. The van der Waals surface area contributed by atoms with Crippen molar-refractivity contribution in [3.63, 3.8) is 0 Å². The topological polar surface area (TPSA) is 80.4 Å². The molecule has 7 heteroatoms. The lowest BCUT2D eigenvalue weighted by atomic mass is 10.0. The van der Waals surface area contributed by atoms with Gasteiger partial charge in [-0.15, -0.1) is 0 Å². The number of unbranched alkanes of at least 4 members (excludes halogenated alkanes) is 7. The number of nitrogens with two attached hydrogens (primary N) is 1. The second-order valence-electron chi connectivity index (χ2n) is 11.4. The molecule has 0 aliphatic rings. The molecule has 4 rings (SSSR count). The Kier molecular flexibility index (Phi) is 15.0. The van der Waals surface area contributed by atoms with E-state index < -0.39 is 26.0 Å². The van der Waals surface area contributed by atoms with Crippen molar-refractivity contribution < 1.29 is 13.0 Å². The molecule has 3 N–H and O–H groups in total. The molecule has 0 spiro atoms. The van der Waals surface area contributed by atoms with Crippen LogP contribution in [0.1, 0.15) is 57.8 Å². The smallest absolute Gasteiger partial charge is 0.290 e. The van der Waals surface area contributed by atoms with Crippen molar-refractivity contribution in [2.45, 2.75) is 57.8 Å². The molecule has 0 heterocycles. The third-order valence-electron chi connectivity index (χ3n) is 8.06. The van der Waals surface area contributed by atoms with Crippen LogP contribution in [-0.2, 0) is 10.1 Å². The number of hydrogen-bond acceptors (Lipinski definition) is 3. The quantitative estimate of drug-likeness (QED) is 0.0610. The molecule has 0 atom stereocenters. The van der Waals surface area contributed by atoms with Gasteiger partial charge in [0.1, 0.15) is 0 Å². The van der Waals surface area contributed by atoms with Crippen LogP contribution in [0, 0.1) is 0 Å². The summed E-state index contributed by atoms with van der Waals surface area (Å²) >= 11 is 0. The number of allylic oxidation sites excluding steroid dienone is 2. The van der Waals surface area contributed by atoms with Gasteiger partial charge >= 0.3 is 0 Å². The molecule has 0 aromatic heterocycles. The minimum atomic E-state index is -4.45. The van der Waals surface area contributed by atoms with Crippen molar-refractivity contribution in [2.24, 2.45) is 5.73 Å². The predicted octanol–water partition coefficient (Wildman–Crippen LogP) is 7.86. The molecule has 0 saturated heterocycles. The number of rotatable bonds is 19. The van der Waals surface area contributed by atoms with E-state index in [1.807, 2.05) is 48.5 Å². The fraction of sp³-hybridized carbons (Fsp3) is 0.316. The van der Waals surface area contributed by atoms with Crippen LogP contribution >= 0.6 is 15.8 Å². The molecular weight excluding hydrogens is 612 g/mol. The van der Waals surface area contributed by atoms with E-state index in [0.717, 1.165) is 48.4 Å². The zero-order valence-corrected chi connectivity index (χ0v) is 28.8. The summed E-state index contributed by atoms with van der Waals surface area (Å²) < 4.78 is 37.7. The van der Waals surface area contributed by atoms with Gasteiger partial charge in [0.2, 0.25) is 0 Å². The van der Waals surface area contributed by atoms with Crippen LogP contribution in [0.2, 0.25) is 0 Å². The standard InChI is InChI=1S/C38H47NO3P2S/c39-30-20-6-4-2-1-3-5-11-21-33(31-43(34-22-12-7-13-23-34)35-24-14-8-15-25-35)38(45(40,41)42)32-44(36-26-16-9-17-27-36)37-28-18-10-19-29-37/h7-10,12-19,22-29H,1-6,11,20-21,30-32,39H2,(H,40,41,42). The first-order valence-electron chi connectivity index (χ1n) is 16.1. The second-order valence-corrected chi connectivity index (χ2v) is 17.2. The Bertz CT molecular complexity index is 1450. The lowest BCUT2D eigenvalue weighted by Gasteiger charge is -2.25. The Balaban J connectivity index is 1.70. The summed E-state index contributed by atoms with van der Waals surface area (Å²) in [4.78, 5) is 0.211. The monoisotopic (exact) mass is 659 g/mol. The molecule has 0 aliphatic heterocycles. The van der Waals surface area contributed by atoms with Crippen LogP contribution in [0.4, 0.5) is 0 Å². The van der Waals surface area contributed by atoms with Crippen LogP contribution in [0.5, 0.6) is 0 Å². The molecule has 0 bridgehead atoms. The van der Waals surface area contributed by atoms with Crippen LogP contribution in [-0.4, -0.2) is 31.8 Å². The van der Waals surface area contributed by atoms with Crippen molar-refractivity contribution in [1.29, 1.82) is 0 Å². The average Bonchev–Trinajstić information content (AvgIpc) is 3.07. The lowest BCUT2D eigenvalue weighted by Crippen LogP contribution is -2.21. The van der Waals surface area contributed by atoms with E-state index in [1.54, 1.807) is 0 Å². The zero-order chi connectivity index (χ0) is 31.7. The fourth-order valence-electron chi connectivity index (χ4n) is 5.66.